The van der Waals surface area contributed by atoms with Crippen molar-refractivity contribution in [2.45, 2.75) is 64.8 Å². The summed E-state index contributed by atoms with van der Waals surface area (Å²) in [5, 5.41) is 11.5. The molecule has 0 radical (unpaired) electrons. The molecule has 2 aliphatic heterocycles. The highest BCUT2D eigenvalue weighted by molar-refractivity contribution is 5.80. The molecule has 0 saturated carbocycles. The van der Waals surface area contributed by atoms with Crippen LogP contribution in [-0.4, -0.2) is 47.0 Å². The van der Waals surface area contributed by atoms with Crippen LogP contribution in [0, 0.1) is 0 Å². The van der Waals surface area contributed by atoms with Crippen molar-refractivity contribution in [2.24, 2.45) is 4.99 Å². The second-order valence-corrected chi connectivity index (χ2v) is 7.69. The van der Waals surface area contributed by atoms with E-state index in [2.05, 4.69) is 51.7 Å². The van der Waals surface area contributed by atoms with E-state index >= 15 is 0 Å². The highest BCUT2D eigenvalue weighted by Crippen LogP contribution is 2.34. The molecule has 3 heterocycles. The molecule has 0 amide bonds. The molecule has 0 spiro atoms. The third-order valence-corrected chi connectivity index (χ3v) is 5.53. The van der Waals surface area contributed by atoms with Crippen LogP contribution in [0.1, 0.15) is 43.0 Å². The lowest BCUT2D eigenvalue weighted by molar-refractivity contribution is 0.254. The fourth-order valence-electron chi connectivity index (χ4n) is 4.00. The Balaban J connectivity index is 1.39. The number of aryl methyl sites for hydroxylation is 2. The Kier molecular flexibility index (Phi) is 5.60. The van der Waals surface area contributed by atoms with Gasteiger partial charge in [0.1, 0.15) is 23.4 Å². The molecule has 8 heteroatoms. The molecule has 0 fully saturated rings. The van der Waals surface area contributed by atoms with Crippen molar-refractivity contribution in [2.75, 3.05) is 14.2 Å². The van der Waals surface area contributed by atoms with Gasteiger partial charge < -0.3 is 20.1 Å². The lowest BCUT2D eigenvalue weighted by Gasteiger charge is -2.25. The van der Waals surface area contributed by atoms with Crippen molar-refractivity contribution < 1.29 is 9.47 Å². The van der Waals surface area contributed by atoms with Crippen LogP contribution >= 0.6 is 0 Å². The summed E-state index contributed by atoms with van der Waals surface area (Å²) in [5.74, 6) is 4.60. The largest absolute Gasteiger partial charge is 0.496 e. The van der Waals surface area contributed by atoms with Crippen molar-refractivity contribution in [3.63, 3.8) is 0 Å². The number of fused-ring (bicyclic) bond motifs is 2. The van der Waals surface area contributed by atoms with E-state index in [1.165, 1.54) is 5.56 Å². The molecule has 2 aromatic rings. The van der Waals surface area contributed by atoms with Crippen molar-refractivity contribution in [1.29, 1.82) is 0 Å². The third kappa shape index (κ3) is 4.16. The van der Waals surface area contributed by atoms with E-state index in [4.69, 9.17) is 9.47 Å². The molecule has 0 saturated heterocycles. The van der Waals surface area contributed by atoms with Gasteiger partial charge in [0.25, 0.3) is 0 Å². The summed E-state index contributed by atoms with van der Waals surface area (Å²) < 4.78 is 13.5. The van der Waals surface area contributed by atoms with Gasteiger partial charge in [0.15, 0.2) is 11.8 Å². The summed E-state index contributed by atoms with van der Waals surface area (Å²) in [4.78, 5) is 8.98. The number of methoxy groups -OCH3 is 1. The van der Waals surface area contributed by atoms with Crippen LogP contribution in [0.4, 0.5) is 0 Å². The summed E-state index contributed by atoms with van der Waals surface area (Å²) in [6.45, 7) is 5.58. The summed E-state index contributed by atoms with van der Waals surface area (Å²) in [6, 6.07) is 4.43. The fourth-order valence-corrected chi connectivity index (χ4v) is 4.00. The molecule has 2 N–H and O–H groups in total. The van der Waals surface area contributed by atoms with Gasteiger partial charge in [-0.3, -0.25) is 4.99 Å². The molecule has 2 unspecified atom stereocenters. The predicted octanol–water partition coefficient (Wildman–Crippen LogP) is 1.85. The summed E-state index contributed by atoms with van der Waals surface area (Å²) >= 11 is 0. The standard InChI is InChI=1S/C21H30N6O2/c1-5-19-25-20-7-6-16(12-27(20)26-19)24-21(22-3)23-11-15-10-18-14(8-13(2)29-18)9-17(15)28-4/h9-10,13,16H,5-8,11-12H2,1-4H3,(H2,22,23,24). The van der Waals surface area contributed by atoms with Crippen molar-refractivity contribution >= 4 is 5.96 Å². The number of aromatic nitrogens is 3. The zero-order valence-electron chi connectivity index (χ0n) is 17.7. The van der Waals surface area contributed by atoms with Gasteiger partial charge in [-0.2, -0.15) is 5.10 Å². The first-order valence-electron chi connectivity index (χ1n) is 10.4. The van der Waals surface area contributed by atoms with E-state index in [0.29, 0.717) is 6.54 Å². The number of hydrogen-bond donors (Lipinski definition) is 2. The first-order chi connectivity index (χ1) is 14.1. The second-order valence-electron chi connectivity index (χ2n) is 7.69. The molecule has 2 aliphatic rings. The minimum atomic E-state index is 0.216. The second kappa shape index (κ2) is 8.31. The highest BCUT2D eigenvalue weighted by Gasteiger charge is 2.23. The van der Waals surface area contributed by atoms with Gasteiger partial charge in [-0.05, 0) is 25.5 Å². The number of nitrogens with zero attached hydrogens (tertiary/aromatic N) is 4. The van der Waals surface area contributed by atoms with Crippen molar-refractivity contribution in [3.8, 4) is 11.5 Å². The van der Waals surface area contributed by atoms with E-state index in [1.807, 2.05) is 4.68 Å². The van der Waals surface area contributed by atoms with E-state index in [9.17, 15) is 0 Å². The Bertz CT molecular complexity index is 907. The number of benzene rings is 1. The van der Waals surface area contributed by atoms with Crippen LogP contribution in [-0.2, 0) is 32.4 Å². The van der Waals surface area contributed by atoms with Crippen LogP contribution in [0.15, 0.2) is 17.1 Å². The Morgan fingerprint density at radius 3 is 3.03 bits per heavy atom. The number of rotatable bonds is 5. The van der Waals surface area contributed by atoms with Crippen LogP contribution in [0.5, 0.6) is 11.5 Å². The number of guanidine groups is 1. The number of aliphatic imine (C=N–C) groups is 1. The van der Waals surface area contributed by atoms with E-state index in [1.54, 1.807) is 14.2 Å². The molecule has 2 atom stereocenters. The summed E-state index contributed by atoms with van der Waals surface area (Å²) in [6.07, 6.45) is 3.95. The summed E-state index contributed by atoms with van der Waals surface area (Å²) in [7, 11) is 3.50. The molecular formula is C21H30N6O2. The summed E-state index contributed by atoms with van der Waals surface area (Å²) in [5.41, 5.74) is 2.26. The quantitative estimate of drug-likeness (QED) is 0.591. The Labute approximate surface area is 171 Å². The first kappa shape index (κ1) is 19.5. The maximum Gasteiger partial charge on any atom is 0.191 e. The zero-order valence-corrected chi connectivity index (χ0v) is 17.7. The van der Waals surface area contributed by atoms with E-state index in [-0.39, 0.29) is 12.1 Å². The molecule has 0 aliphatic carbocycles. The maximum absolute atomic E-state index is 5.90. The van der Waals surface area contributed by atoms with Gasteiger partial charge in [-0.1, -0.05) is 6.92 Å². The monoisotopic (exact) mass is 398 g/mol. The van der Waals surface area contributed by atoms with Crippen LogP contribution in [0.3, 0.4) is 0 Å². The molecule has 4 rings (SSSR count). The Morgan fingerprint density at radius 1 is 1.41 bits per heavy atom. The molecule has 156 valence electrons. The third-order valence-electron chi connectivity index (χ3n) is 5.53. The van der Waals surface area contributed by atoms with Crippen molar-refractivity contribution in [3.05, 3.63) is 34.9 Å². The van der Waals surface area contributed by atoms with Gasteiger partial charge in [0, 0.05) is 50.0 Å². The van der Waals surface area contributed by atoms with Crippen LogP contribution < -0.4 is 20.1 Å². The normalized spacial score (nSPS) is 20.6. The molecule has 0 bridgehead atoms. The predicted molar refractivity (Wildman–Crippen MR) is 112 cm³/mol. The lowest BCUT2D eigenvalue weighted by Crippen LogP contribution is -2.46. The minimum Gasteiger partial charge on any atom is -0.496 e. The number of nitrogens with one attached hydrogen (secondary N) is 2. The fraction of sp³-hybridized carbons (Fsp3) is 0.571. The van der Waals surface area contributed by atoms with Gasteiger partial charge in [0.2, 0.25) is 0 Å². The molecular weight excluding hydrogens is 368 g/mol. The van der Waals surface area contributed by atoms with Crippen LogP contribution in [0.25, 0.3) is 0 Å². The first-order valence-corrected chi connectivity index (χ1v) is 10.4. The lowest BCUT2D eigenvalue weighted by atomic mass is 10.1. The average molecular weight is 399 g/mol. The maximum atomic E-state index is 5.90. The van der Waals surface area contributed by atoms with Gasteiger partial charge in [-0.25, -0.2) is 9.67 Å². The van der Waals surface area contributed by atoms with Gasteiger partial charge in [0.05, 0.1) is 13.7 Å². The van der Waals surface area contributed by atoms with E-state index in [0.717, 1.165) is 66.9 Å². The number of hydrogen-bond acceptors (Lipinski definition) is 5. The van der Waals surface area contributed by atoms with E-state index < -0.39 is 0 Å². The van der Waals surface area contributed by atoms with Crippen LogP contribution in [0.2, 0.25) is 0 Å². The Morgan fingerprint density at radius 2 is 2.28 bits per heavy atom. The zero-order chi connectivity index (χ0) is 20.4. The molecule has 29 heavy (non-hydrogen) atoms. The highest BCUT2D eigenvalue weighted by atomic mass is 16.5. The smallest absolute Gasteiger partial charge is 0.191 e. The Hall–Kier alpha value is -2.77. The van der Waals surface area contributed by atoms with Gasteiger partial charge in [-0.15, -0.1) is 0 Å². The molecule has 8 nitrogen and oxygen atoms in total. The van der Waals surface area contributed by atoms with Crippen molar-refractivity contribution in [1.82, 2.24) is 25.4 Å². The molecule has 1 aromatic carbocycles. The topological polar surface area (TPSA) is 85.6 Å². The van der Waals surface area contributed by atoms with Gasteiger partial charge >= 0.3 is 0 Å². The number of ether oxygens (including phenoxy) is 2. The average Bonchev–Trinajstić information content (AvgIpc) is 3.31. The SMILES string of the molecule is CCc1nc2n(n1)CC(NC(=NC)NCc1cc3c(cc1OC)CC(C)O3)CC2. The minimum absolute atomic E-state index is 0.216. The molecule has 1 aromatic heterocycles.